The summed E-state index contributed by atoms with van der Waals surface area (Å²) in [6.07, 6.45) is 1.07. The van der Waals surface area contributed by atoms with E-state index >= 15 is 0 Å². The van der Waals surface area contributed by atoms with Crippen molar-refractivity contribution in [3.8, 4) is 11.3 Å². The zero-order valence-electron chi connectivity index (χ0n) is 11.2. The van der Waals surface area contributed by atoms with E-state index in [2.05, 4.69) is 10.3 Å². The molecule has 0 amide bonds. The number of aromatic nitrogens is 3. The highest BCUT2D eigenvalue weighted by Gasteiger charge is 2.15. The second kappa shape index (κ2) is 6.58. The third kappa shape index (κ3) is 3.84. The quantitative estimate of drug-likeness (QED) is 0.824. The predicted octanol–water partition coefficient (Wildman–Crippen LogP) is 1.10. The van der Waals surface area contributed by atoms with Gasteiger partial charge in [-0.2, -0.15) is 5.10 Å². The van der Waals surface area contributed by atoms with E-state index in [1.54, 1.807) is 30.2 Å². The summed E-state index contributed by atoms with van der Waals surface area (Å²) in [6, 6.07) is 1.73. The van der Waals surface area contributed by atoms with Crippen LogP contribution in [0.25, 0.3) is 11.3 Å². The zero-order valence-corrected chi connectivity index (χ0v) is 11.2. The Kier molecular flexibility index (Phi) is 4.80. The third-order valence-corrected chi connectivity index (χ3v) is 2.78. The molecule has 2 heterocycles. The SMILES string of the molecule is Cn1cc(-c2cc(CN(CCN)CC(F)F)on2)cn1. The highest BCUT2D eigenvalue weighted by atomic mass is 19.3. The van der Waals surface area contributed by atoms with E-state index in [0.29, 0.717) is 24.5 Å². The van der Waals surface area contributed by atoms with E-state index in [-0.39, 0.29) is 13.1 Å². The molecule has 0 spiro atoms. The van der Waals surface area contributed by atoms with Gasteiger partial charge in [0, 0.05) is 38.0 Å². The molecule has 0 saturated heterocycles. The summed E-state index contributed by atoms with van der Waals surface area (Å²) in [5.41, 5.74) is 6.87. The van der Waals surface area contributed by atoms with Crippen molar-refractivity contribution in [1.82, 2.24) is 19.8 Å². The lowest BCUT2D eigenvalue weighted by atomic mass is 10.2. The molecule has 0 bridgehead atoms. The van der Waals surface area contributed by atoms with Crippen molar-refractivity contribution in [2.45, 2.75) is 13.0 Å². The number of aryl methyl sites for hydroxylation is 1. The summed E-state index contributed by atoms with van der Waals surface area (Å²) in [7, 11) is 1.80. The summed E-state index contributed by atoms with van der Waals surface area (Å²) < 4.78 is 31.7. The first-order valence-electron chi connectivity index (χ1n) is 6.23. The van der Waals surface area contributed by atoms with Crippen LogP contribution in [0.3, 0.4) is 0 Å². The summed E-state index contributed by atoms with van der Waals surface area (Å²) in [4.78, 5) is 1.54. The second-order valence-electron chi connectivity index (χ2n) is 4.50. The maximum atomic E-state index is 12.4. The molecule has 6 nitrogen and oxygen atoms in total. The minimum atomic E-state index is -2.40. The largest absolute Gasteiger partial charge is 0.359 e. The average molecular weight is 285 g/mol. The molecule has 0 atom stereocenters. The van der Waals surface area contributed by atoms with Gasteiger partial charge in [0.15, 0.2) is 5.76 Å². The molecule has 0 saturated carbocycles. The van der Waals surface area contributed by atoms with Crippen LogP contribution in [0.2, 0.25) is 0 Å². The molecule has 2 aromatic heterocycles. The molecule has 0 radical (unpaired) electrons. The highest BCUT2D eigenvalue weighted by Crippen LogP contribution is 2.19. The Bertz CT molecular complexity index is 539. The molecule has 0 aliphatic heterocycles. The second-order valence-corrected chi connectivity index (χ2v) is 4.50. The lowest BCUT2D eigenvalue weighted by Gasteiger charge is -2.18. The van der Waals surface area contributed by atoms with Crippen molar-refractivity contribution in [3.63, 3.8) is 0 Å². The molecule has 2 N–H and O–H groups in total. The molecule has 0 aliphatic rings. The Morgan fingerprint density at radius 1 is 1.50 bits per heavy atom. The van der Waals surface area contributed by atoms with E-state index in [0.717, 1.165) is 5.56 Å². The molecule has 8 heteroatoms. The van der Waals surface area contributed by atoms with Crippen LogP contribution >= 0.6 is 0 Å². The maximum absolute atomic E-state index is 12.4. The fraction of sp³-hybridized carbons (Fsp3) is 0.500. The summed E-state index contributed by atoms with van der Waals surface area (Å²) in [5, 5.41) is 7.96. The third-order valence-electron chi connectivity index (χ3n) is 2.78. The van der Waals surface area contributed by atoms with Gasteiger partial charge in [0.25, 0.3) is 6.43 Å². The number of rotatable bonds is 7. The van der Waals surface area contributed by atoms with Gasteiger partial charge in [-0.1, -0.05) is 5.16 Å². The standard InChI is InChI=1S/C12H17F2N5O/c1-18-6-9(5-16-18)11-4-10(20-17-11)7-19(3-2-15)8-12(13)14/h4-6,12H,2-3,7-8,15H2,1H3. The molecule has 0 fully saturated rings. The lowest BCUT2D eigenvalue weighted by molar-refractivity contribution is 0.0818. The average Bonchev–Trinajstić information content (AvgIpc) is 2.97. The molecule has 0 aromatic carbocycles. The Balaban J connectivity index is 2.04. The van der Waals surface area contributed by atoms with Gasteiger partial charge in [-0.3, -0.25) is 9.58 Å². The predicted molar refractivity (Wildman–Crippen MR) is 69.0 cm³/mol. The number of halogens is 2. The van der Waals surface area contributed by atoms with Crippen molar-refractivity contribution >= 4 is 0 Å². The van der Waals surface area contributed by atoms with Crippen molar-refractivity contribution in [3.05, 3.63) is 24.2 Å². The van der Waals surface area contributed by atoms with Crippen molar-refractivity contribution in [1.29, 1.82) is 0 Å². The fourth-order valence-corrected chi connectivity index (χ4v) is 1.91. The molecule has 110 valence electrons. The van der Waals surface area contributed by atoms with Crippen LogP contribution in [-0.2, 0) is 13.6 Å². The van der Waals surface area contributed by atoms with E-state index < -0.39 is 6.43 Å². The van der Waals surface area contributed by atoms with Crippen molar-refractivity contribution < 1.29 is 13.3 Å². The number of hydrogen-bond acceptors (Lipinski definition) is 5. The Hall–Kier alpha value is -1.80. The van der Waals surface area contributed by atoms with Crippen LogP contribution in [0, 0.1) is 0 Å². The normalized spacial score (nSPS) is 11.7. The van der Waals surface area contributed by atoms with Gasteiger partial charge in [-0.15, -0.1) is 0 Å². The van der Waals surface area contributed by atoms with Gasteiger partial charge in [0.05, 0.1) is 19.3 Å². The molecule has 20 heavy (non-hydrogen) atoms. The molecule has 2 rings (SSSR count). The zero-order chi connectivity index (χ0) is 14.5. The Morgan fingerprint density at radius 2 is 2.30 bits per heavy atom. The Labute approximate surface area is 115 Å². The maximum Gasteiger partial charge on any atom is 0.251 e. The fourth-order valence-electron chi connectivity index (χ4n) is 1.91. The first kappa shape index (κ1) is 14.6. The van der Waals surface area contributed by atoms with Gasteiger partial charge >= 0.3 is 0 Å². The van der Waals surface area contributed by atoms with E-state index in [4.69, 9.17) is 10.3 Å². The highest BCUT2D eigenvalue weighted by molar-refractivity contribution is 5.56. The van der Waals surface area contributed by atoms with Crippen molar-refractivity contribution in [2.24, 2.45) is 12.8 Å². The minimum Gasteiger partial charge on any atom is -0.359 e. The lowest BCUT2D eigenvalue weighted by Crippen LogP contribution is -2.33. The molecule has 0 aliphatic carbocycles. The van der Waals surface area contributed by atoms with Gasteiger partial charge in [0.2, 0.25) is 0 Å². The monoisotopic (exact) mass is 285 g/mol. The number of nitrogens with zero attached hydrogens (tertiary/aromatic N) is 4. The van der Waals surface area contributed by atoms with Crippen LogP contribution in [0.1, 0.15) is 5.76 Å². The van der Waals surface area contributed by atoms with Crippen molar-refractivity contribution in [2.75, 3.05) is 19.6 Å². The molecule has 2 aromatic rings. The van der Waals surface area contributed by atoms with Crippen LogP contribution < -0.4 is 5.73 Å². The molecular formula is C12H17F2N5O. The topological polar surface area (TPSA) is 73.1 Å². The first-order chi connectivity index (χ1) is 9.58. The van der Waals surface area contributed by atoms with Gasteiger partial charge in [0.1, 0.15) is 5.69 Å². The van der Waals surface area contributed by atoms with E-state index in [1.807, 2.05) is 0 Å². The van der Waals surface area contributed by atoms with Gasteiger partial charge < -0.3 is 10.3 Å². The Morgan fingerprint density at radius 3 is 2.90 bits per heavy atom. The molecule has 0 unspecified atom stereocenters. The summed E-state index contributed by atoms with van der Waals surface area (Å²) >= 11 is 0. The number of nitrogens with two attached hydrogens (primary N) is 1. The minimum absolute atomic E-state index is 0.259. The number of hydrogen-bond donors (Lipinski definition) is 1. The smallest absolute Gasteiger partial charge is 0.251 e. The van der Waals surface area contributed by atoms with Crippen LogP contribution in [-0.4, -0.2) is 45.9 Å². The van der Waals surface area contributed by atoms with Crippen LogP contribution in [0.15, 0.2) is 23.0 Å². The van der Waals surface area contributed by atoms with E-state index in [1.165, 1.54) is 4.90 Å². The summed E-state index contributed by atoms with van der Waals surface area (Å²) in [5.74, 6) is 0.526. The summed E-state index contributed by atoms with van der Waals surface area (Å²) in [6.45, 7) is 0.624. The number of alkyl halides is 2. The first-order valence-corrected chi connectivity index (χ1v) is 6.23. The van der Waals surface area contributed by atoms with Gasteiger partial charge in [-0.05, 0) is 0 Å². The van der Waals surface area contributed by atoms with E-state index in [9.17, 15) is 8.78 Å². The molecular weight excluding hydrogens is 268 g/mol. The van der Waals surface area contributed by atoms with Crippen LogP contribution in [0.4, 0.5) is 8.78 Å². The van der Waals surface area contributed by atoms with Gasteiger partial charge in [-0.25, -0.2) is 8.78 Å². The van der Waals surface area contributed by atoms with Crippen LogP contribution in [0.5, 0.6) is 0 Å².